The Hall–Kier alpha value is -1.75. The van der Waals surface area contributed by atoms with E-state index in [0.29, 0.717) is 32.5 Å². The molecule has 0 radical (unpaired) electrons. The highest BCUT2D eigenvalue weighted by Gasteiger charge is 2.32. The first kappa shape index (κ1) is 23.3. The molecule has 0 aliphatic carbocycles. The number of nitrogens with zero attached hydrogens (tertiary/aromatic N) is 1. The number of rotatable bonds is 10. The minimum atomic E-state index is -1.01. The van der Waals surface area contributed by atoms with Gasteiger partial charge in [0.25, 0.3) is 5.91 Å². The highest BCUT2D eigenvalue weighted by Crippen LogP contribution is 2.09. The van der Waals surface area contributed by atoms with Gasteiger partial charge < -0.3 is 20.8 Å². The highest BCUT2D eigenvalue weighted by molar-refractivity contribution is 5.89. The van der Waals surface area contributed by atoms with Gasteiger partial charge in [-0.1, -0.05) is 20.8 Å². The van der Waals surface area contributed by atoms with Gasteiger partial charge in [-0.2, -0.15) is 0 Å². The van der Waals surface area contributed by atoms with Crippen molar-refractivity contribution in [1.29, 1.82) is 0 Å². The summed E-state index contributed by atoms with van der Waals surface area (Å²) in [7, 11) is 0. The van der Waals surface area contributed by atoms with E-state index in [1.165, 1.54) is 5.01 Å². The van der Waals surface area contributed by atoms with Crippen molar-refractivity contribution < 1.29 is 24.6 Å². The summed E-state index contributed by atoms with van der Waals surface area (Å²) in [6.45, 7) is 8.53. The van der Waals surface area contributed by atoms with Gasteiger partial charge in [-0.15, -0.1) is 0 Å². The molecule has 10 heteroatoms. The molecule has 0 aromatic carbocycles. The molecule has 0 aromatic rings. The minimum absolute atomic E-state index is 0.104. The molecule has 6 N–H and O–H groups in total. The number of carboxylic acid groups (broad SMARTS) is 1. The average molecular weight is 387 g/mol. The molecule has 1 aliphatic heterocycles. The van der Waals surface area contributed by atoms with E-state index >= 15 is 0 Å². The first-order chi connectivity index (χ1) is 12.7. The predicted molar refractivity (Wildman–Crippen MR) is 99.4 cm³/mol. The van der Waals surface area contributed by atoms with Crippen LogP contribution in [0, 0.1) is 5.92 Å². The molecule has 0 bridgehead atoms. The van der Waals surface area contributed by atoms with Crippen LogP contribution < -0.4 is 21.4 Å². The summed E-state index contributed by atoms with van der Waals surface area (Å²) in [5.74, 6) is -1.91. The van der Waals surface area contributed by atoms with Crippen molar-refractivity contribution in [1.82, 2.24) is 26.4 Å². The Morgan fingerprint density at radius 3 is 2.48 bits per heavy atom. The Morgan fingerprint density at radius 1 is 1.26 bits per heavy atom. The van der Waals surface area contributed by atoms with Gasteiger partial charge >= 0.3 is 5.97 Å². The van der Waals surface area contributed by atoms with Crippen LogP contribution in [0.2, 0.25) is 0 Å². The normalized spacial score (nSPS) is 20.8. The zero-order chi connectivity index (χ0) is 20.6. The van der Waals surface area contributed by atoms with Crippen molar-refractivity contribution >= 4 is 17.8 Å². The third-order valence-electron chi connectivity index (χ3n) is 4.39. The second-order valence-electron chi connectivity index (χ2n) is 7.09. The zero-order valence-corrected chi connectivity index (χ0v) is 16.5. The lowest BCUT2D eigenvalue weighted by atomic mass is 10.0. The number of likely N-dealkylation sites (N-methyl/N-ethyl adjacent to an activating group) is 1. The molecular weight excluding hydrogens is 354 g/mol. The van der Waals surface area contributed by atoms with Crippen LogP contribution in [-0.2, 0) is 14.4 Å². The average Bonchev–Trinajstić information content (AvgIpc) is 2.63. The van der Waals surface area contributed by atoms with E-state index in [1.807, 2.05) is 20.8 Å². The number of carboxylic acids is 1. The second kappa shape index (κ2) is 11.2. The molecule has 0 saturated carbocycles. The van der Waals surface area contributed by atoms with E-state index in [0.717, 1.165) is 0 Å². The Kier molecular flexibility index (Phi) is 9.64. The molecule has 1 saturated heterocycles. The first-order valence-corrected chi connectivity index (χ1v) is 9.42. The van der Waals surface area contributed by atoms with Gasteiger partial charge in [0, 0.05) is 13.1 Å². The number of aliphatic hydroxyl groups excluding tert-OH is 1. The Bertz CT molecular complexity index is 516. The summed E-state index contributed by atoms with van der Waals surface area (Å²) >= 11 is 0. The van der Waals surface area contributed by atoms with E-state index in [9.17, 15) is 19.5 Å². The van der Waals surface area contributed by atoms with Crippen LogP contribution in [0.4, 0.5) is 0 Å². The molecule has 2 amide bonds. The van der Waals surface area contributed by atoms with Gasteiger partial charge in [-0.05, 0) is 32.2 Å². The maximum absolute atomic E-state index is 12.6. The summed E-state index contributed by atoms with van der Waals surface area (Å²) in [6, 6.07) is -2.31. The van der Waals surface area contributed by atoms with Crippen LogP contribution in [0.1, 0.15) is 40.5 Å². The first-order valence-electron chi connectivity index (χ1n) is 9.42. The molecule has 27 heavy (non-hydrogen) atoms. The fraction of sp³-hybridized carbons (Fsp3) is 0.824. The van der Waals surface area contributed by atoms with Crippen molar-refractivity contribution in [3.05, 3.63) is 0 Å². The van der Waals surface area contributed by atoms with Crippen molar-refractivity contribution in [3.8, 4) is 0 Å². The number of hydrazine groups is 1. The lowest BCUT2D eigenvalue weighted by molar-refractivity contribution is -0.148. The highest BCUT2D eigenvalue weighted by atomic mass is 16.4. The van der Waals surface area contributed by atoms with Crippen LogP contribution >= 0.6 is 0 Å². The lowest BCUT2D eigenvalue weighted by Crippen LogP contribution is -2.61. The van der Waals surface area contributed by atoms with Crippen LogP contribution in [0.25, 0.3) is 0 Å². The number of hydrogen-bond donors (Lipinski definition) is 6. The van der Waals surface area contributed by atoms with Gasteiger partial charge in [0.05, 0.1) is 6.04 Å². The standard InChI is InChI=1S/C17H33N5O5/c1-5-18-9-13(23)20-14(10(2)3)15(24)19-11(4)16(25)22-8-6-7-12(21-22)17(26)27/h10-14,18,20-21,23H,5-9H2,1-4H3,(H,19,24)(H,26,27)/t11-,12-,13?,14-/m0/s1. The molecule has 1 unspecified atom stereocenters. The van der Waals surface area contributed by atoms with E-state index in [4.69, 9.17) is 5.11 Å². The summed E-state index contributed by atoms with van der Waals surface area (Å²) in [5.41, 5.74) is 2.68. The Labute approximate surface area is 160 Å². The second-order valence-corrected chi connectivity index (χ2v) is 7.09. The molecule has 0 aromatic heterocycles. The number of hydrogen-bond acceptors (Lipinski definition) is 7. The quantitative estimate of drug-likeness (QED) is 0.252. The topological polar surface area (TPSA) is 143 Å². The van der Waals surface area contributed by atoms with E-state index in [-0.39, 0.29) is 5.92 Å². The SMILES string of the molecule is CCNCC(O)N[C@H](C(=O)N[C@@H](C)C(=O)N1CCC[C@@H](C(=O)O)N1)C(C)C. The molecule has 156 valence electrons. The van der Waals surface area contributed by atoms with Crippen LogP contribution in [0.3, 0.4) is 0 Å². The van der Waals surface area contributed by atoms with Gasteiger partial charge in [-0.3, -0.25) is 24.7 Å². The number of carbonyl (C=O) groups excluding carboxylic acids is 2. The Balaban J connectivity index is 2.63. The minimum Gasteiger partial charge on any atom is -0.480 e. The van der Waals surface area contributed by atoms with E-state index in [2.05, 4.69) is 21.4 Å². The fourth-order valence-electron chi connectivity index (χ4n) is 2.84. The molecule has 1 aliphatic rings. The monoisotopic (exact) mass is 387 g/mol. The predicted octanol–water partition coefficient (Wildman–Crippen LogP) is -1.39. The number of aliphatic carboxylic acids is 1. The van der Waals surface area contributed by atoms with Gasteiger partial charge in [0.15, 0.2) is 0 Å². The van der Waals surface area contributed by atoms with Crippen LogP contribution in [0.5, 0.6) is 0 Å². The van der Waals surface area contributed by atoms with Crippen molar-refractivity contribution in [3.63, 3.8) is 0 Å². The van der Waals surface area contributed by atoms with Crippen molar-refractivity contribution in [2.75, 3.05) is 19.6 Å². The maximum atomic E-state index is 12.6. The van der Waals surface area contributed by atoms with Crippen molar-refractivity contribution in [2.45, 2.75) is 64.9 Å². The third-order valence-corrected chi connectivity index (χ3v) is 4.39. The molecule has 1 fully saturated rings. The third kappa shape index (κ3) is 7.41. The van der Waals surface area contributed by atoms with Crippen molar-refractivity contribution in [2.24, 2.45) is 5.92 Å². The number of aliphatic hydroxyl groups is 1. The van der Waals surface area contributed by atoms with Crippen LogP contribution in [0.15, 0.2) is 0 Å². The molecule has 4 atom stereocenters. The number of carbonyl (C=O) groups is 3. The van der Waals surface area contributed by atoms with E-state index < -0.39 is 42.1 Å². The molecule has 1 heterocycles. The maximum Gasteiger partial charge on any atom is 0.322 e. The molecule has 1 rings (SSSR count). The smallest absolute Gasteiger partial charge is 0.322 e. The summed E-state index contributed by atoms with van der Waals surface area (Å²) in [4.78, 5) is 36.2. The van der Waals surface area contributed by atoms with Gasteiger partial charge in [0.2, 0.25) is 5.91 Å². The molecule has 0 spiro atoms. The summed E-state index contributed by atoms with van der Waals surface area (Å²) < 4.78 is 0. The largest absolute Gasteiger partial charge is 0.480 e. The number of amides is 2. The van der Waals surface area contributed by atoms with Gasteiger partial charge in [0.1, 0.15) is 18.3 Å². The zero-order valence-electron chi connectivity index (χ0n) is 16.5. The molecule has 10 nitrogen and oxygen atoms in total. The number of nitrogens with one attached hydrogen (secondary N) is 4. The summed E-state index contributed by atoms with van der Waals surface area (Å²) in [5, 5.41) is 28.8. The van der Waals surface area contributed by atoms with Gasteiger partial charge in [-0.25, -0.2) is 5.43 Å². The van der Waals surface area contributed by atoms with Crippen LogP contribution in [-0.4, -0.2) is 77.0 Å². The Morgan fingerprint density at radius 2 is 1.93 bits per heavy atom. The lowest BCUT2D eigenvalue weighted by Gasteiger charge is -2.34. The fourth-order valence-corrected chi connectivity index (χ4v) is 2.84. The molecular formula is C17H33N5O5. The summed E-state index contributed by atoms with van der Waals surface area (Å²) in [6.07, 6.45) is 0.126. The van der Waals surface area contributed by atoms with E-state index in [1.54, 1.807) is 6.92 Å².